The summed E-state index contributed by atoms with van der Waals surface area (Å²) in [6, 6.07) is 7.89. The molecule has 0 spiro atoms. The van der Waals surface area contributed by atoms with Crippen LogP contribution in [0.15, 0.2) is 45.9 Å². The number of anilines is 1. The van der Waals surface area contributed by atoms with E-state index < -0.39 is 0 Å². The number of fused-ring (bicyclic) bond motifs is 2. The van der Waals surface area contributed by atoms with E-state index in [1.165, 1.54) is 0 Å². The fourth-order valence-corrected chi connectivity index (χ4v) is 3.97. The molecule has 1 aliphatic rings. The number of aromatic nitrogens is 3. The van der Waals surface area contributed by atoms with Crippen LogP contribution in [0, 0.1) is 6.92 Å². The SMILES string of the molecule is CCc1nc(C)cn2cc(-c3cc4ccc(N5CCNCC5)cc4c(=O)o3)nc12. The molecule has 1 N–H and O–H groups in total. The molecule has 4 heterocycles. The van der Waals surface area contributed by atoms with Crippen LogP contribution in [-0.4, -0.2) is 40.5 Å². The number of hydrogen-bond acceptors (Lipinski definition) is 6. The van der Waals surface area contributed by atoms with E-state index in [0.717, 1.165) is 60.7 Å². The van der Waals surface area contributed by atoms with Gasteiger partial charge in [0.25, 0.3) is 0 Å². The summed E-state index contributed by atoms with van der Waals surface area (Å²) in [6.45, 7) is 7.79. The fourth-order valence-electron chi connectivity index (χ4n) is 3.97. The number of benzene rings is 1. The van der Waals surface area contributed by atoms with E-state index in [4.69, 9.17) is 4.42 Å². The normalized spacial score (nSPS) is 14.8. The van der Waals surface area contributed by atoms with Crippen molar-refractivity contribution < 1.29 is 4.42 Å². The van der Waals surface area contributed by atoms with Crippen molar-refractivity contribution >= 4 is 22.1 Å². The molecule has 0 amide bonds. The third-order valence-corrected chi connectivity index (χ3v) is 5.44. The van der Waals surface area contributed by atoms with Crippen LogP contribution in [0.4, 0.5) is 5.69 Å². The summed E-state index contributed by atoms with van der Waals surface area (Å²) in [4.78, 5) is 24.3. The second-order valence-corrected chi connectivity index (χ2v) is 7.45. The second-order valence-electron chi connectivity index (χ2n) is 7.45. The lowest BCUT2D eigenvalue weighted by Crippen LogP contribution is -2.43. The maximum absolute atomic E-state index is 12.8. The molecule has 1 fully saturated rings. The van der Waals surface area contributed by atoms with Crippen molar-refractivity contribution in [1.29, 1.82) is 0 Å². The van der Waals surface area contributed by atoms with Crippen molar-refractivity contribution in [3.63, 3.8) is 0 Å². The molecule has 3 aromatic heterocycles. The highest BCUT2D eigenvalue weighted by molar-refractivity contribution is 5.87. The van der Waals surface area contributed by atoms with Crippen molar-refractivity contribution in [3.05, 3.63) is 58.5 Å². The van der Waals surface area contributed by atoms with Gasteiger partial charge in [0.2, 0.25) is 0 Å². The fraction of sp³-hybridized carbons (Fsp3) is 0.318. The van der Waals surface area contributed by atoms with Crippen molar-refractivity contribution in [2.75, 3.05) is 31.1 Å². The number of nitrogens with zero attached hydrogens (tertiary/aromatic N) is 4. The van der Waals surface area contributed by atoms with Crippen LogP contribution in [0.1, 0.15) is 18.3 Å². The zero-order valence-corrected chi connectivity index (χ0v) is 16.6. The minimum Gasteiger partial charge on any atom is -0.421 e. The van der Waals surface area contributed by atoms with Crippen molar-refractivity contribution in [2.24, 2.45) is 0 Å². The number of rotatable bonds is 3. The van der Waals surface area contributed by atoms with Crippen molar-refractivity contribution in [1.82, 2.24) is 19.7 Å². The van der Waals surface area contributed by atoms with Crippen LogP contribution in [0.2, 0.25) is 0 Å². The third-order valence-electron chi connectivity index (χ3n) is 5.44. The van der Waals surface area contributed by atoms with Gasteiger partial charge in [0, 0.05) is 44.3 Å². The quantitative estimate of drug-likeness (QED) is 0.581. The Bertz CT molecular complexity index is 1270. The Hall–Kier alpha value is -3.19. The zero-order valence-electron chi connectivity index (χ0n) is 16.6. The van der Waals surface area contributed by atoms with Gasteiger partial charge in [-0.25, -0.2) is 9.78 Å². The van der Waals surface area contributed by atoms with Crippen LogP contribution in [0.3, 0.4) is 0 Å². The second kappa shape index (κ2) is 7.00. The van der Waals surface area contributed by atoms with E-state index in [2.05, 4.69) is 33.2 Å². The third kappa shape index (κ3) is 3.17. The molecule has 5 rings (SSSR count). The number of aryl methyl sites for hydroxylation is 2. The van der Waals surface area contributed by atoms with Gasteiger partial charge in [-0.2, -0.15) is 0 Å². The average Bonchev–Trinajstić information content (AvgIpc) is 3.17. The Morgan fingerprint density at radius 2 is 1.97 bits per heavy atom. The highest BCUT2D eigenvalue weighted by atomic mass is 16.4. The van der Waals surface area contributed by atoms with Crippen LogP contribution < -0.4 is 15.8 Å². The number of piperazine rings is 1. The van der Waals surface area contributed by atoms with Gasteiger partial charge < -0.3 is 19.0 Å². The standard InChI is InChI=1S/C22H23N5O2/c1-3-18-21-25-19(13-27(21)12-14(2)24-18)20-10-15-4-5-16(11-17(15)22(28)29-20)26-8-6-23-7-9-26/h4-5,10-13,23H,3,6-9H2,1-2H3. The van der Waals surface area contributed by atoms with Crippen LogP contribution >= 0.6 is 0 Å². The van der Waals surface area contributed by atoms with Gasteiger partial charge in [0.1, 0.15) is 5.69 Å². The Labute approximate surface area is 168 Å². The first-order valence-electron chi connectivity index (χ1n) is 10.0. The van der Waals surface area contributed by atoms with Gasteiger partial charge in [-0.05, 0) is 36.9 Å². The molecule has 0 aliphatic carbocycles. The summed E-state index contributed by atoms with van der Waals surface area (Å²) in [5.41, 5.74) is 4.01. The molecular formula is C22H23N5O2. The molecule has 0 saturated carbocycles. The molecule has 0 radical (unpaired) electrons. The molecule has 7 heteroatoms. The Kier molecular flexibility index (Phi) is 4.32. The van der Waals surface area contributed by atoms with Crippen molar-refractivity contribution in [2.45, 2.75) is 20.3 Å². The van der Waals surface area contributed by atoms with Crippen molar-refractivity contribution in [3.8, 4) is 11.5 Å². The summed E-state index contributed by atoms with van der Waals surface area (Å²) >= 11 is 0. The number of imidazole rings is 1. The summed E-state index contributed by atoms with van der Waals surface area (Å²) in [5.74, 6) is 0.473. The summed E-state index contributed by atoms with van der Waals surface area (Å²) in [6.07, 6.45) is 4.62. The molecule has 1 saturated heterocycles. The lowest BCUT2D eigenvalue weighted by atomic mass is 10.1. The van der Waals surface area contributed by atoms with Crippen LogP contribution in [-0.2, 0) is 6.42 Å². The Morgan fingerprint density at radius 1 is 1.14 bits per heavy atom. The van der Waals surface area contributed by atoms with E-state index in [9.17, 15) is 4.79 Å². The number of hydrogen-bond donors (Lipinski definition) is 1. The van der Waals surface area contributed by atoms with Gasteiger partial charge in [0.05, 0.1) is 16.8 Å². The highest BCUT2D eigenvalue weighted by Gasteiger charge is 2.15. The van der Waals surface area contributed by atoms with Gasteiger partial charge in [-0.3, -0.25) is 4.98 Å². The minimum atomic E-state index is -0.337. The molecule has 7 nitrogen and oxygen atoms in total. The molecule has 148 valence electrons. The van der Waals surface area contributed by atoms with Gasteiger partial charge >= 0.3 is 5.63 Å². The monoisotopic (exact) mass is 389 g/mol. The predicted molar refractivity (Wildman–Crippen MR) is 114 cm³/mol. The molecule has 1 aliphatic heterocycles. The molecule has 0 atom stereocenters. The predicted octanol–water partition coefficient (Wildman–Crippen LogP) is 2.78. The van der Waals surface area contributed by atoms with E-state index in [-0.39, 0.29) is 5.63 Å². The Morgan fingerprint density at radius 3 is 2.76 bits per heavy atom. The zero-order chi connectivity index (χ0) is 20.0. The van der Waals surface area contributed by atoms with Crippen LogP contribution in [0.5, 0.6) is 0 Å². The van der Waals surface area contributed by atoms with E-state index in [1.54, 1.807) is 0 Å². The first-order chi connectivity index (χ1) is 14.1. The van der Waals surface area contributed by atoms with Gasteiger partial charge in [-0.15, -0.1) is 0 Å². The molecule has 1 aromatic carbocycles. The molecular weight excluding hydrogens is 366 g/mol. The van der Waals surface area contributed by atoms with E-state index in [1.807, 2.05) is 41.9 Å². The minimum absolute atomic E-state index is 0.337. The topological polar surface area (TPSA) is 75.7 Å². The molecule has 0 unspecified atom stereocenters. The van der Waals surface area contributed by atoms with E-state index >= 15 is 0 Å². The van der Waals surface area contributed by atoms with Gasteiger partial charge in [0.15, 0.2) is 11.4 Å². The van der Waals surface area contributed by atoms with Crippen LogP contribution in [0.25, 0.3) is 27.9 Å². The Balaban J connectivity index is 1.59. The average molecular weight is 389 g/mol. The first-order valence-corrected chi connectivity index (χ1v) is 10.0. The first kappa shape index (κ1) is 17.9. The lowest BCUT2D eigenvalue weighted by Gasteiger charge is -2.29. The summed E-state index contributed by atoms with van der Waals surface area (Å²) < 4.78 is 7.62. The van der Waals surface area contributed by atoms with Gasteiger partial charge in [-0.1, -0.05) is 13.0 Å². The largest absolute Gasteiger partial charge is 0.421 e. The molecule has 0 bridgehead atoms. The lowest BCUT2D eigenvalue weighted by molar-refractivity contribution is 0.533. The maximum Gasteiger partial charge on any atom is 0.344 e. The smallest absolute Gasteiger partial charge is 0.344 e. The number of nitrogens with one attached hydrogen (secondary N) is 1. The summed E-state index contributed by atoms with van der Waals surface area (Å²) in [5, 5.41) is 4.80. The molecule has 4 aromatic rings. The van der Waals surface area contributed by atoms with E-state index in [0.29, 0.717) is 16.8 Å². The maximum atomic E-state index is 12.8. The summed E-state index contributed by atoms with van der Waals surface area (Å²) in [7, 11) is 0. The molecule has 29 heavy (non-hydrogen) atoms. The highest BCUT2D eigenvalue weighted by Crippen LogP contribution is 2.26.